The molecule has 0 aliphatic carbocycles. The van der Waals surface area contributed by atoms with Gasteiger partial charge in [-0.1, -0.05) is 55.8 Å². The number of carbonyl (C=O) groups is 2. The molecule has 0 fully saturated rings. The normalized spacial score (nSPS) is 10.6. The van der Waals surface area contributed by atoms with Gasteiger partial charge in [0, 0.05) is 5.69 Å². The van der Waals surface area contributed by atoms with E-state index in [1.807, 2.05) is 24.3 Å². The molecule has 160 valence electrons. The second-order valence-electron chi connectivity index (χ2n) is 7.27. The molecular weight excluding hydrogens is 394 g/mol. The van der Waals surface area contributed by atoms with E-state index in [1.165, 1.54) is 13.2 Å². The van der Waals surface area contributed by atoms with Gasteiger partial charge in [0.05, 0.1) is 19.2 Å². The highest BCUT2D eigenvalue weighted by atomic mass is 16.5. The summed E-state index contributed by atoms with van der Waals surface area (Å²) in [5.74, 6) is -1.63. The Hall–Kier alpha value is -3.67. The molecule has 2 aromatic carbocycles. The molecule has 1 heterocycles. The Morgan fingerprint density at radius 3 is 2.32 bits per heavy atom. The van der Waals surface area contributed by atoms with Crippen LogP contribution >= 0.6 is 0 Å². The maximum atomic E-state index is 13.0. The average molecular weight is 419 g/mol. The lowest BCUT2D eigenvalue weighted by Gasteiger charge is -2.15. The molecule has 0 radical (unpaired) electrons. The zero-order valence-electron chi connectivity index (χ0n) is 17.6. The van der Waals surface area contributed by atoms with Gasteiger partial charge in [0.15, 0.2) is 0 Å². The van der Waals surface area contributed by atoms with E-state index in [4.69, 9.17) is 4.74 Å². The van der Waals surface area contributed by atoms with E-state index in [1.54, 1.807) is 34.9 Å². The highest BCUT2D eigenvalue weighted by Crippen LogP contribution is 2.24. The third-order valence-corrected chi connectivity index (χ3v) is 5.22. The number of aromatic carboxylic acids is 1. The molecule has 0 aliphatic heterocycles. The van der Waals surface area contributed by atoms with E-state index in [0.29, 0.717) is 12.1 Å². The van der Waals surface area contributed by atoms with Gasteiger partial charge in [-0.3, -0.25) is 4.79 Å². The second kappa shape index (κ2) is 9.89. The van der Waals surface area contributed by atoms with Gasteiger partial charge in [0.2, 0.25) is 0 Å². The lowest BCUT2D eigenvalue weighted by Crippen LogP contribution is -2.29. The Balaban J connectivity index is 1.96. The molecular formula is C25H25NO5. The number of nitrogens with zero attached hydrogens (tertiary/aromatic N) is 1. The second-order valence-corrected chi connectivity index (χ2v) is 7.27. The van der Waals surface area contributed by atoms with Crippen LogP contribution in [0.1, 0.15) is 51.7 Å². The van der Waals surface area contributed by atoms with E-state index in [2.05, 4.69) is 6.92 Å². The first-order valence-electron chi connectivity index (χ1n) is 10.2. The molecule has 6 heteroatoms. The van der Waals surface area contributed by atoms with Crippen LogP contribution in [0.5, 0.6) is 0 Å². The fraction of sp³-hybridized carbons (Fsp3) is 0.240. The van der Waals surface area contributed by atoms with Gasteiger partial charge in [-0.2, -0.15) is 0 Å². The van der Waals surface area contributed by atoms with Gasteiger partial charge in [-0.25, -0.2) is 9.59 Å². The molecule has 0 atom stereocenters. The third-order valence-electron chi connectivity index (χ3n) is 5.22. The highest BCUT2D eigenvalue weighted by Gasteiger charge is 2.16. The van der Waals surface area contributed by atoms with Crippen molar-refractivity contribution in [1.29, 1.82) is 0 Å². The number of aryl methyl sites for hydroxylation is 1. The van der Waals surface area contributed by atoms with Crippen LogP contribution in [0.15, 0.2) is 65.5 Å². The lowest BCUT2D eigenvalue weighted by atomic mass is 9.98. The zero-order chi connectivity index (χ0) is 22.4. The summed E-state index contributed by atoms with van der Waals surface area (Å²) in [5, 5.41) is 9.42. The summed E-state index contributed by atoms with van der Waals surface area (Å²) in [6, 6.07) is 17.6. The van der Waals surface area contributed by atoms with Crippen molar-refractivity contribution in [3.63, 3.8) is 0 Å². The first-order chi connectivity index (χ1) is 15.0. The Labute approximate surface area is 180 Å². The molecule has 3 rings (SSSR count). The molecule has 0 unspecified atom stereocenters. The van der Waals surface area contributed by atoms with E-state index in [9.17, 15) is 19.5 Å². The van der Waals surface area contributed by atoms with Gasteiger partial charge in [0.1, 0.15) is 5.56 Å². The standard InChI is InChI=1S/C25H25NO5/c1-3-4-7-19-14-15-22(25(30)31-2)23(27)26(19)16-17-10-12-18(13-11-17)20-8-5-6-9-21(20)24(28)29/h5-6,8-15H,3-4,7,16H2,1-2H3,(H,28,29). The molecule has 31 heavy (non-hydrogen) atoms. The number of unbranched alkanes of at least 4 members (excludes halogenated alkanes) is 1. The summed E-state index contributed by atoms with van der Waals surface area (Å²) in [7, 11) is 1.25. The number of aromatic nitrogens is 1. The van der Waals surface area contributed by atoms with Gasteiger partial charge in [-0.05, 0) is 47.7 Å². The maximum absolute atomic E-state index is 13.0. The van der Waals surface area contributed by atoms with Crippen LogP contribution in [0.25, 0.3) is 11.1 Å². The monoisotopic (exact) mass is 419 g/mol. The largest absolute Gasteiger partial charge is 0.478 e. The van der Waals surface area contributed by atoms with Crippen molar-refractivity contribution in [2.24, 2.45) is 0 Å². The Morgan fingerprint density at radius 2 is 1.68 bits per heavy atom. The SMILES string of the molecule is CCCCc1ccc(C(=O)OC)c(=O)n1Cc1ccc(-c2ccccc2C(=O)O)cc1. The molecule has 0 spiro atoms. The number of ether oxygens (including phenoxy) is 1. The van der Waals surface area contributed by atoms with Crippen LogP contribution in [0.2, 0.25) is 0 Å². The number of hydrogen-bond acceptors (Lipinski definition) is 4. The molecule has 0 bridgehead atoms. The average Bonchev–Trinajstić information content (AvgIpc) is 2.79. The number of methoxy groups -OCH3 is 1. The smallest absolute Gasteiger partial charge is 0.343 e. The van der Waals surface area contributed by atoms with Crippen molar-refractivity contribution in [2.75, 3.05) is 7.11 Å². The summed E-state index contributed by atoms with van der Waals surface area (Å²) in [6.07, 6.45) is 2.66. The third kappa shape index (κ3) is 4.91. The molecule has 0 amide bonds. The minimum Gasteiger partial charge on any atom is -0.478 e. The number of esters is 1. The van der Waals surface area contributed by atoms with E-state index in [-0.39, 0.29) is 16.7 Å². The first kappa shape index (κ1) is 22.0. The Bertz CT molecular complexity index is 1150. The molecule has 1 aromatic heterocycles. The topological polar surface area (TPSA) is 85.6 Å². The first-order valence-corrected chi connectivity index (χ1v) is 10.2. The number of benzene rings is 2. The Morgan fingerprint density at radius 1 is 0.968 bits per heavy atom. The molecule has 0 aliphatic rings. The molecule has 6 nitrogen and oxygen atoms in total. The van der Waals surface area contributed by atoms with Crippen molar-refractivity contribution in [2.45, 2.75) is 32.7 Å². The Kier molecular flexibility index (Phi) is 7.03. The lowest BCUT2D eigenvalue weighted by molar-refractivity contribution is 0.0597. The van der Waals surface area contributed by atoms with Gasteiger partial charge in [-0.15, -0.1) is 0 Å². The van der Waals surface area contributed by atoms with Crippen molar-refractivity contribution in [3.8, 4) is 11.1 Å². The van der Waals surface area contributed by atoms with Crippen molar-refractivity contribution >= 4 is 11.9 Å². The number of hydrogen-bond donors (Lipinski definition) is 1. The summed E-state index contributed by atoms with van der Waals surface area (Å²) < 4.78 is 6.35. The summed E-state index contributed by atoms with van der Waals surface area (Å²) in [4.78, 5) is 36.4. The van der Waals surface area contributed by atoms with E-state index >= 15 is 0 Å². The predicted molar refractivity (Wildman–Crippen MR) is 119 cm³/mol. The van der Waals surface area contributed by atoms with Crippen molar-refractivity contribution in [3.05, 3.63) is 93.4 Å². The van der Waals surface area contributed by atoms with Crippen LogP contribution in [-0.2, 0) is 17.7 Å². The van der Waals surface area contributed by atoms with Gasteiger partial charge in [0.25, 0.3) is 5.56 Å². The van der Waals surface area contributed by atoms with Crippen LogP contribution in [0.4, 0.5) is 0 Å². The highest BCUT2D eigenvalue weighted by molar-refractivity contribution is 5.96. The minimum atomic E-state index is -0.980. The molecule has 1 N–H and O–H groups in total. The quantitative estimate of drug-likeness (QED) is 0.547. The van der Waals surface area contributed by atoms with Crippen LogP contribution in [0, 0.1) is 0 Å². The maximum Gasteiger partial charge on any atom is 0.343 e. The van der Waals surface area contributed by atoms with Crippen LogP contribution in [0.3, 0.4) is 0 Å². The predicted octanol–water partition coefficient (Wildman–Crippen LogP) is 4.39. The molecule has 0 saturated heterocycles. The number of carboxylic acids is 1. The number of carboxylic acid groups (broad SMARTS) is 1. The van der Waals surface area contributed by atoms with Crippen molar-refractivity contribution in [1.82, 2.24) is 4.57 Å². The fourth-order valence-electron chi connectivity index (χ4n) is 3.53. The zero-order valence-corrected chi connectivity index (χ0v) is 17.6. The van der Waals surface area contributed by atoms with E-state index in [0.717, 1.165) is 36.1 Å². The van der Waals surface area contributed by atoms with Crippen molar-refractivity contribution < 1.29 is 19.4 Å². The van der Waals surface area contributed by atoms with E-state index < -0.39 is 11.9 Å². The summed E-state index contributed by atoms with van der Waals surface area (Å²) >= 11 is 0. The minimum absolute atomic E-state index is 0.00903. The molecule has 3 aromatic rings. The van der Waals surface area contributed by atoms with Crippen LogP contribution < -0.4 is 5.56 Å². The number of carbonyl (C=O) groups excluding carboxylic acids is 1. The summed E-state index contributed by atoms with van der Waals surface area (Å²) in [5.41, 5.74) is 3.02. The number of pyridine rings is 1. The number of rotatable bonds is 8. The fourth-order valence-corrected chi connectivity index (χ4v) is 3.53. The summed E-state index contributed by atoms with van der Waals surface area (Å²) in [6.45, 7) is 2.39. The molecule has 0 saturated carbocycles. The van der Waals surface area contributed by atoms with Gasteiger partial charge >= 0.3 is 11.9 Å². The van der Waals surface area contributed by atoms with Gasteiger partial charge < -0.3 is 14.4 Å². The van der Waals surface area contributed by atoms with Crippen LogP contribution in [-0.4, -0.2) is 28.7 Å².